The van der Waals surface area contributed by atoms with Crippen LogP contribution >= 0.6 is 11.8 Å². The molecule has 1 rings (SSSR count). The number of ether oxygens (including phenoxy) is 2. The second-order valence-electron chi connectivity index (χ2n) is 3.49. The van der Waals surface area contributed by atoms with E-state index < -0.39 is 12.1 Å². The molecule has 20 heavy (non-hydrogen) atoms. The number of rotatable bonds is 7. The SMILES string of the molecule is C=CC(=O)OCCOC(=O)NNc1cccc(SC)c1. The molecular weight excluding hydrogens is 280 g/mol. The normalized spacial score (nSPS) is 9.45. The summed E-state index contributed by atoms with van der Waals surface area (Å²) in [7, 11) is 0. The molecule has 6 nitrogen and oxygen atoms in total. The number of nitrogens with one attached hydrogen (secondary N) is 2. The summed E-state index contributed by atoms with van der Waals surface area (Å²) in [4.78, 5) is 23.1. The molecule has 0 spiro atoms. The first kappa shape index (κ1) is 15.9. The van der Waals surface area contributed by atoms with Gasteiger partial charge < -0.3 is 9.47 Å². The van der Waals surface area contributed by atoms with Gasteiger partial charge in [-0.25, -0.2) is 15.0 Å². The summed E-state index contributed by atoms with van der Waals surface area (Å²) in [6, 6.07) is 7.53. The van der Waals surface area contributed by atoms with Gasteiger partial charge in [-0.05, 0) is 24.5 Å². The first-order chi connectivity index (χ1) is 9.65. The van der Waals surface area contributed by atoms with Crippen LogP contribution in [0, 0.1) is 0 Å². The minimum absolute atomic E-state index is 0.0137. The second kappa shape index (κ2) is 8.87. The van der Waals surface area contributed by atoms with E-state index in [1.807, 2.05) is 30.5 Å². The van der Waals surface area contributed by atoms with Gasteiger partial charge in [-0.15, -0.1) is 11.8 Å². The lowest BCUT2D eigenvalue weighted by Crippen LogP contribution is -2.31. The van der Waals surface area contributed by atoms with Gasteiger partial charge in [0.1, 0.15) is 13.2 Å². The van der Waals surface area contributed by atoms with Crippen LogP contribution in [-0.4, -0.2) is 31.5 Å². The van der Waals surface area contributed by atoms with Crippen LogP contribution in [-0.2, 0) is 14.3 Å². The van der Waals surface area contributed by atoms with E-state index in [1.165, 1.54) is 0 Å². The second-order valence-corrected chi connectivity index (χ2v) is 4.37. The van der Waals surface area contributed by atoms with Gasteiger partial charge in [0.25, 0.3) is 0 Å². The number of benzene rings is 1. The molecule has 0 aromatic heterocycles. The molecular formula is C13H16N2O4S. The number of thioether (sulfide) groups is 1. The maximum atomic E-state index is 11.3. The largest absolute Gasteiger partial charge is 0.459 e. The number of amides is 1. The molecule has 0 saturated heterocycles. The van der Waals surface area contributed by atoms with Crippen molar-refractivity contribution < 1.29 is 19.1 Å². The average Bonchev–Trinajstić information content (AvgIpc) is 2.49. The van der Waals surface area contributed by atoms with Crippen molar-refractivity contribution in [2.45, 2.75) is 4.90 Å². The zero-order chi connectivity index (χ0) is 14.8. The number of esters is 1. The zero-order valence-electron chi connectivity index (χ0n) is 11.0. The lowest BCUT2D eigenvalue weighted by molar-refractivity contribution is -0.138. The summed E-state index contributed by atoms with van der Waals surface area (Å²) in [6.07, 6.45) is 2.35. The third-order valence-corrected chi connectivity index (χ3v) is 2.83. The molecule has 2 N–H and O–H groups in total. The number of carbonyl (C=O) groups is 2. The third kappa shape index (κ3) is 6.14. The minimum atomic E-state index is -0.658. The fourth-order valence-electron chi connectivity index (χ4n) is 1.20. The molecule has 7 heteroatoms. The number of anilines is 1. The summed E-state index contributed by atoms with van der Waals surface area (Å²) in [5, 5.41) is 0. The van der Waals surface area contributed by atoms with Gasteiger partial charge in [0.05, 0.1) is 5.69 Å². The van der Waals surface area contributed by atoms with Crippen LogP contribution in [0.1, 0.15) is 0 Å². The zero-order valence-corrected chi connectivity index (χ0v) is 11.9. The molecule has 1 aromatic rings. The molecule has 1 aromatic carbocycles. The van der Waals surface area contributed by atoms with Crippen molar-refractivity contribution in [3.8, 4) is 0 Å². The van der Waals surface area contributed by atoms with Crippen LogP contribution in [0.25, 0.3) is 0 Å². The third-order valence-electron chi connectivity index (χ3n) is 2.11. The molecule has 0 aliphatic rings. The van der Waals surface area contributed by atoms with Crippen LogP contribution < -0.4 is 10.9 Å². The Kier molecular flexibility index (Phi) is 7.05. The summed E-state index contributed by atoms with van der Waals surface area (Å²) in [6.45, 7) is 3.20. The average molecular weight is 296 g/mol. The molecule has 0 aliphatic heterocycles. The van der Waals surface area contributed by atoms with E-state index in [2.05, 4.69) is 22.2 Å². The van der Waals surface area contributed by atoms with Gasteiger partial charge in [0, 0.05) is 11.0 Å². The smallest absolute Gasteiger partial charge is 0.426 e. The van der Waals surface area contributed by atoms with Gasteiger partial charge in [0.15, 0.2) is 0 Å². The van der Waals surface area contributed by atoms with Crippen molar-refractivity contribution >= 4 is 29.5 Å². The van der Waals surface area contributed by atoms with Gasteiger partial charge in [-0.3, -0.25) is 5.43 Å². The number of carbonyl (C=O) groups excluding carboxylic acids is 2. The topological polar surface area (TPSA) is 76.7 Å². The highest BCUT2D eigenvalue weighted by atomic mass is 32.2. The van der Waals surface area contributed by atoms with Crippen molar-refractivity contribution in [2.75, 3.05) is 24.9 Å². The van der Waals surface area contributed by atoms with E-state index in [4.69, 9.17) is 4.74 Å². The van der Waals surface area contributed by atoms with E-state index in [1.54, 1.807) is 11.8 Å². The first-order valence-corrected chi connectivity index (χ1v) is 7.00. The quantitative estimate of drug-likeness (QED) is 0.264. The fraction of sp³-hybridized carbons (Fsp3) is 0.231. The molecule has 0 saturated carbocycles. The highest BCUT2D eigenvalue weighted by Crippen LogP contribution is 2.18. The standard InChI is InChI=1S/C13H16N2O4S/c1-3-12(16)18-7-8-19-13(17)15-14-10-5-4-6-11(9-10)20-2/h3-6,9,14H,1,7-8H2,2H3,(H,15,17). The molecule has 0 bridgehead atoms. The Labute approximate surface area is 121 Å². The van der Waals surface area contributed by atoms with Crippen LogP contribution in [0.5, 0.6) is 0 Å². The van der Waals surface area contributed by atoms with Crippen LogP contribution in [0.2, 0.25) is 0 Å². The number of hydrogen-bond acceptors (Lipinski definition) is 6. The molecule has 0 heterocycles. The minimum Gasteiger partial charge on any atom is -0.459 e. The predicted molar refractivity (Wildman–Crippen MR) is 77.5 cm³/mol. The Morgan fingerprint density at radius 1 is 1.35 bits per heavy atom. The Hall–Kier alpha value is -2.15. The van der Waals surface area contributed by atoms with E-state index in [-0.39, 0.29) is 13.2 Å². The monoisotopic (exact) mass is 296 g/mol. The highest BCUT2D eigenvalue weighted by molar-refractivity contribution is 7.98. The molecule has 0 radical (unpaired) electrons. The number of hydrazine groups is 1. The van der Waals surface area contributed by atoms with Crippen LogP contribution in [0.4, 0.5) is 10.5 Å². The summed E-state index contributed by atoms with van der Waals surface area (Å²) < 4.78 is 9.44. The molecule has 108 valence electrons. The van der Waals surface area contributed by atoms with Gasteiger partial charge >= 0.3 is 12.1 Å². The predicted octanol–water partition coefficient (Wildman–Crippen LogP) is 2.19. The van der Waals surface area contributed by atoms with Crippen molar-refractivity contribution in [3.05, 3.63) is 36.9 Å². The highest BCUT2D eigenvalue weighted by Gasteiger charge is 2.02. The van der Waals surface area contributed by atoms with Gasteiger partial charge in [-0.1, -0.05) is 12.6 Å². The van der Waals surface area contributed by atoms with Crippen molar-refractivity contribution in [1.29, 1.82) is 0 Å². The van der Waals surface area contributed by atoms with Gasteiger partial charge in [-0.2, -0.15) is 0 Å². The lowest BCUT2D eigenvalue weighted by Gasteiger charge is -2.10. The summed E-state index contributed by atoms with van der Waals surface area (Å²) in [5.74, 6) is -0.555. The molecule has 0 atom stereocenters. The maximum absolute atomic E-state index is 11.3. The molecule has 1 amide bonds. The van der Waals surface area contributed by atoms with Crippen molar-refractivity contribution in [1.82, 2.24) is 5.43 Å². The van der Waals surface area contributed by atoms with Crippen LogP contribution in [0.3, 0.4) is 0 Å². The van der Waals surface area contributed by atoms with E-state index in [0.29, 0.717) is 0 Å². The van der Waals surface area contributed by atoms with Crippen molar-refractivity contribution in [2.24, 2.45) is 0 Å². The summed E-state index contributed by atoms with van der Waals surface area (Å²) in [5.41, 5.74) is 5.83. The van der Waals surface area contributed by atoms with E-state index in [9.17, 15) is 9.59 Å². The van der Waals surface area contributed by atoms with E-state index >= 15 is 0 Å². The Bertz CT molecular complexity index is 479. The Balaban J connectivity index is 2.22. The molecule has 0 fully saturated rings. The molecule has 0 unspecified atom stereocenters. The Morgan fingerprint density at radius 3 is 2.80 bits per heavy atom. The maximum Gasteiger partial charge on any atom is 0.426 e. The van der Waals surface area contributed by atoms with Crippen molar-refractivity contribution in [3.63, 3.8) is 0 Å². The summed E-state index contributed by atoms with van der Waals surface area (Å²) >= 11 is 1.60. The fourth-order valence-corrected chi connectivity index (χ4v) is 1.66. The van der Waals surface area contributed by atoms with Crippen LogP contribution in [0.15, 0.2) is 41.8 Å². The van der Waals surface area contributed by atoms with E-state index in [0.717, 1.165) is 16.7 Å². The molecule has 0 aliphatic carbocycles. The first-order valence-electron chi connectivity index (χ1n) is 5.77. The van der Waals surface area contributed by atoms with Gasteiger partial charge in [0.2, 0.25) is 0 Å². The lowest BCUT2D eigenvalue weighted by atomic mass is 10.3. The Morgan fingerprint density at radius 2 is 2.10 bits per heavy atom. The number of hydrogen-bond donors (Lipinski definition) is 2.